The third-order valence-corrected chi connectivity index (χ3v) is 4.60. The van der Waals surface area contributed by atoms with Gasteiger partial charge in [-0.2, -0.15) is 0 Å². The Balaban J connectivity index is 3.37. The SMILES string of the molecule is COC(C)(C(=O)O)S(=O)(=O)c1ccccc1. The minimum absolute atomic E-state index is 0.0817. The summed E-state index contributed by atoms with van der Waals surface area (Å²) in [5.74, 6) is -1.54. The van der Waals surface area contributed by atoms with Gasteiger partial charge in [-0.3, -0.25) is 0 Å². The van der Waals surface area contributed by atoms with E-state index in [1.54, 1.807) is 6.07 Å². The van der Waals surface area contributed by atoms with E-state index in [1.807, 2.05) is 0 Å². The Labute approximate surface area is 93.6 Å². The molecule has 0 aromatic heterocycles. The molecule has 0 saturated heterocycles. The van der Waals surface area contributed by atoms with E-state index in [-0.39, 0.29) is 4.90 Å². The number of ether oxygens (including phenoxy) is 1. The van der Waals surface area contributed by atoms with E-state index >= 15 is 0 Å². The van der Waals surface area contributed by atoms with Gasteiger partial charge in [0.1, 0.15) is 0 Å². The molecule has 0 aliphatic heterocycles. The quantitative estimate of drug-likeness (QED) is 0.851. The van der Waals surface area contributed by atoms with Crippen molar-refractivity contribution < 1.29 is 23.1 Å². The van der Waals surface area contributed by atoms with Crippen LogP contribution >= 0.6 is 0 Å². The number of sulfone groups is 1. The number of aliphatic carboxylic acids is 1. The van der Waals surface area contributed by atoms with E-state index in [1.165, 1.54) is 24.3 Å². The highest BCUT2D eigenvalue weighted by Gasteiger charge is 2.48. The Bertz CT molecular complexity index is 479. The second-order valence-corrected chi connectivity index (χ2v) is 5.53. The topological polar surface area (TPSA) is 80.7 Å². The molecule has 16 heavy (non-hydrogen) atoms. The molecule has 0 aliphatic carbocycles. The summed E-state index contributed by atoms with van der Waals surface area (Å²) in [6, 6.07) is 7.34. The number of hydrogen-bond donors (Lipinski definition) is 1. The summed E-state index contributed by atoms with van der Waals surface area (Å²) in [6.07, 6.45) is 0. The van der Waals surface area contributed by atoms with Gasteiger partial charge in [0.15, 0.2) is 0 Å². The molecule has 0 bridgehead atoms. The van der Waals surface area contributed by atoms with E-state index < -0.39 is 20.7 Å². The first-order chi connectivity index (χ1) is 7.36. The lowest BCUT2D eigenvalue weighted by Gasteiger charge is -2.22. The zero-order valence-electron chi connectivity index (χ0n) is 8.88. The molecule has 1 aromatic rings. The maximum atomic E-state index is 12.0. The van der Waals surface area contributed by atoms with Crippen LogP contribution in [0.25, 0.3) is 0 Å². The van der Waals surface area contributed by atoms with Crippen molar-refractivity contribution >= 4 is 15.8 Å². The van der Waals surface area contributed by atoms with Gasteiger partial charge >= 0.3 is 5.97 Å². The predicted molar refractivity (Wildman–Crippen MR) is 56.7 cm³/mol. The monoisotopic (exact) mass is 244 g/mol. The fourth-order valence-corrected chi connectivity index (χ4v) is 2.55. The van der Waals surface area contributed by atoms with E-state index in [4.69, 9.17) is 5.11 Å². The Hall–Kier alpha value is -1.40. The fraction of sp³-hybridized carbons (Fsp3) is 0.300. The molecule has 1 aromatic carbocycles. The second-order valence-electron chi connectivity index (χ2n) is 3.27. The maximum Gasteiger partial charge on any atom is 0.352 e. The molecule has 0 radical (unpaired) electrons. The molecular formula is C10H12O5S. The molecule has 0 spiro atoms. The minimum atomic E-state index is -4.07. The average Bonchev–Trinajstić information content (AvgIpc) is 2.28. The van der Waals surface area contributed by atoms with Gasteiger partial charge in [-0.15, -0.1) is 0 Å². The molecule has 1 rings (SSSR count). The minimum Gasteiger partial charge on any atom is -0.478 e. The van der Waals surface area contributed by atoms with Crippen molar-refractivity contribution in [1.82, 2.24) is 0 Å². The summed E-state index contributed by atoms with van der Waals surface area (Å²) in [6.45, 7) is 1.01. The zero-order valence-corrected chi connectivity index (χ0v) is 9.69. The summed E-state index contributed by atoms with van der Waals surface area (Å²) >= 11 is 0. The molecule has 0 amide bonds. The molecule has 5 nitrogen and oxygen atoms in total. The lowest BCUT2D eigenvalue weighted by Crippen LogP contribution is -2.45. The first kappa shape index (κ1) is 12.7. The van der Waals surface area contributed by atoms with Crippen molar-refractivity contribution in [2.45, 2.75) is 16.8 Å². The van der Waals surface area contributed by atoms with Crippen LogP contribution in [0.3, 0.4) is 0 Å². The molecule has 1 unspecified atom stereocenters. The van der Waals surface area contributed by atoms with Gasteiger partial charge in [-0.1, -0.05) is 18.2 Å². The van der Waals surface area contributed by atoms with E-state index in [2.05, 4.69) is 4.74 Å². The van der Waals surface area contributed by atoms with Gasteiger partial charge in [0.2, 0.25) is 9.84 Å². The highest BCUT2D eigenvalue weighted by molar-refractivity contribution is 7.93. The van der Waals surface area contributed by atoms with Gasteiger partial charge in [-0.25, -0.2) is 13.2 Å². The van der Waals surface area contributed by atoms with Crippen molar-refractivity contribution in [3.8, 4) is 0 Å². The number of carbonyl (C=O) groups is 1. The third kappa shape index (κ3) is 1.81. The van der Waals surface area contributed by atoms with E-state index in [0.29, 0.717) is 0 Å². The van der Waals surface area contributed by atoms with Gasteiger partial charge in [-0.05, 0) is 19.1 Å². The molecule has 0 aliphatic rings. The van der Waals surface area contributed by atoms with Gasteiger partial charge in [0.25, 0.3) is 4.93 Å². The number of rotatable bonds is 4. The smallest absolute Gasteiger partial charge is 0.352 e. The molecule has 6 heteroatoms. The third-order valence-electron chi connectivity index (χ3n) is 2.34. The molecule has 0 saturated carbocycles. The van der Waals surface area contributed by atoms with Gasteiger partial charge < -0.3 is 9.84 Å². The summed E-state index contributed by atoms with van der Waals surface area (Å²) in [5.41, 5.74) is 0. The second kappa shape index (κ2) is 4.23. The van der Waals surface area contributed by atoms with Crippen LogP contribution < -0.4 is 0 Å². The number of methoxy groups -OCH3 is 1. The van der Waals surface area contributed by atoms with Crippen molar-refractivity contribution in [2.24, 2.45) is 0 Å². The summed E-state index contributed by atoms with van der Waals surface area (Å²) < 4.78 is 28.7. The lowest BCUT2D eigenvalue weighted by atomic mass is 10.4. The molecule has 1 atom stereocenters. The van der Waals surface area contributed by atoms with Crippen molar-refractivity contribution in [2.75, 3.05) is 7.11 Å². The van der Waals surface area contributed by atoms with Crippen molar-refractivity contribution in [3.63, 3.8) is 0 Å². The van der Waals surface area contributed by atoms with Crippen LogP contribution in [-0.2, 0) is 19.4 Å². The van der Waals surface area contributed by atoms with E-state index in [9.17, 15) is 13.2 Å². The molecule has 1 N–H and O–H groups in total. The van der Waals surface area contributed by atoms with Crippen LogP contribution in [0.4, 0.5) is 0 Å². The number of carboxylic acids is 1. The molecule has 0 heterocycles. The number of benzene rings is 1. The Morgan fingerprint density at radius 1 is 1.31 bits per heavy atom. The Morgan fingerprint density at radius 2 is 1.81 bits per heavy atom. The lowest BCUT2D eigenvalue weighted by molar-refractivity contribution is -0.151. The Morgan fingerprint density at radius 3 is 2.19 bits per heavy atom. The predicted octanol–water partition coefficient (Wildman–Crippen LogP) is 0.907. The highest BCUT2D eigenvalue weighted by atomic mass is 32.2. The van der Waals surface area contributed by atoms with Crippen LogP contribution in [0, 0.1) is 0 Å². The first-order valence-corrected chi connectivity index (χ1v) is 5.93. The van der Waals surface area contributed by atoms with Crippen molar-refractivity contribution in [3.05, 3.63) is 30.3 Å². The molecule has 88 valence electrons. The largest absolute Gasteiger partial charge is 0.478 e. The van der Waals surface area contributed by atoms with Gasteiger partial charge in [0.05, 0.1) is 4.90 Å². The van der Waals surface area contributed by atoms with Crippen LogP contribution in [0.1, 0.15) is 6.92 Å². The first-order valence-electron chi connectivity index (χ1n) is 4.44. The van der Waals surface area contributed by atoms with Crippen molar-refractivity contribution in [1.29, 1.82) is 0 Å². The number of carboxylic acid groups (broad SMARTS) is 1. The highest BCUT2D eigenvalue weighted by Crippen LogP contribution is 2.26. The average molecular weight is 244 g/mol. The zero-order chi connectivity index (χ0) is 12.4. The normalized spacial score (nSPS) is 15.4. The Kier molecular flexibility index (Phi) is 3.35. The number of hydrogen-bond acceptors (Lipinski definition) is 4. The maximum absolute atomic E-state index is 12.0. The van der Waals surface area contributed by atoms with Crippen LogP contribution in [-0.4, -0.2) is 31.5 Å². The van der Waals surface area contributed by atoms with E-state index in [0.717, 1.165) is 14.0 Å². The summed E-state index contributed by atoms with van der Waals surface area (Å²) in [5, 5.41) is 8.93. The molecule has 0 fully saturated rings. The van der Waals surface area contributed by atoms with Crippen LogP contribution in [0.15, 0.2) is 35.2 Å². The van der Waals surface area contributed by atoms with Crippen LogP contribution in [0.2, 0.25) is 0 Å². The standard InChI is InChI=1S/C10H12O5S/c1-10(15-2,9(11)12)16(13,14)8-6-4-3-5-7-8/h3-7H,1-2H3,(H,11,12). The molecular weight excluding hydrogens is 232 g/mol. The van der Waals surface area contributed by atoms with Gasteiger partial charge in [0, 0.05) is 7.11 Å². The van der Waals surface area contributed by atoms with Crippen LogP contribution in [0.5, 0.6) is 0 Å². The fourth-order valence-electron chi connectivity index (χ4n) is 1.14. The summed E-state index contributed by atoms with van der Waals surface area (Å²) in [4.78, 5) is 8.62. The summed E-state index contributed by atoms with van der Waals surface area (Å²) in [7, 11) is -3.02.